The zero-order valence-corrected chi connectivity index (χ0v) is 6.92. The van der Waals surface area contributed by atoms with E-state index in [2.05, 4.69) is 4.74 Å². The maximum Gasteiger partial charge on any atom is 0.182 e. The Balaban J connectivity index is 2.63. The molecule has 0 unspecified atom stereocenters. The minimum Gasteiger partial charge on any atom is -0.394 e. The van der Waals surface area contributed by atoms with E-state index in [4.69, 9.17) is 26.9 Å². The molecule has 0 saturated carbocycles. The van der Waals surface area contributed by atoms with Crippen LogP contribution in [0.2, 0.25) is 0 Å². The number of rotatable bonds is 1. The highest BCUT2D eigenvalue weighted by molar-refractivity contribution is 6.21. The molecule has 12 heavy (non-hydrogen) atoms. The van der Waals surface area contributed by atoms with Crippen LogP contribution in [0.25, 0.3) is 0 Å². The molecular weight excluding hydrogens is 188 g/mol. The van der Waals surface area contributed by atoms with Gasteiger partial charge in [-0.05, 0) is 0 Å². The monoisotopic (exact) mass is 198 g/mol. The predicted molar refractivity (Wildman–Crippen MR) is 39.6 cm³/mol. The summed E-state index contributed by atoms with van der Waals surface area (Å²) in [6.45, 7) is -0.450. The molecular formula is C6H11ClO5. The van der Waals surface area contributed by atoms with Crippen LogP contribution in [0, 0.1) is 0 Å². The Bertz CT molecular complexity index is 150. The summed E-state index contributed by atoms with van der Waals surface area (Å²) in [7, 11) is 0. The van der Waals surface area contributed by atoms with Crippen molar-refractivity contribution in [2.45, 2.75) is 30.0 Å². The number of hydrogen-bond donors (Lipinski definition) is 4. The summed E-state index contributed by atoms with van der Waals surface area (Å²) in [5.74, 6) is 0. The van der Waals surface area contributed by atoms with Gasteiger partial charge in [-0.2, -0.15) is 0 Å². The number of alkyl halides is 1. The van der Waals surface area contributed by atoms with Crippen LogP contribution in [0.5, 0.6) is 0 Å². The highest BCUT2D eigenvalue weighted by Crippen LogP contribution is 2.23. The Hall–Kier alpha value is 0.0900. The molecule has 1 saturated heterocycles. The summed E-state index contributed by atoms with van der Waals surface area (Å²) in [6.07, 6.45) is -4.89. The smallest absolute Gasteiger partial charge is 0.182 e. The summed E-state index contributed by atoms with van der Waals surface area (Å²) in [5, 5.41) is 34.9. The first-order chi connectivity index (χ1) is 5.57. The molecule has 0 amide bonds. The summed E-state index contributed by atoms with van der Waals surface area (Å²) < 4.78 is 4.65. The van der Waals surface area contributed by atoms with Crippen LogP contribution >= 0.6 is 11.6 Å². The summed E-state index contributed by atoms with van der Waals surface area (Å²) in [5.41, 5.74) is 0. The van der Waals surface area contributed by atoms with Gasteiger partial charge in [0.05, 0.1) is 12.0 Å². The quantitative estimate of drug-likeness (QED) is 0.367. The van der Waals surface area contributed by atoms with Crippen molar-refractivity contribution < 1.29 is 25.2 Å². The Morgan fingerprint density at radius 3 is 2.25 bits per heavy atom. The van der Waals surface area contributed by atoms with Gasteiger partial charge in [-0.1, -0.05) is 0 Å². The Kier molecular flexibility index (Phi) is 3.28. The van der Waals surface area contributed by atoms with Crippen molar-refractivity contribution in [2.24, 2.45) is 0 Å². The highest BCUT2D eigenvalue weighted by atomic mass is 35.5. The fourth-order valence-electron chi connectivity index (χ4n) is 1.06. The van der Waals surface area contributed by atoms with Gasteiger partial charge in [0.2, 0.25) is 0 Å². The van der Waals surface area contributed by atoms with E-state index in [-0.39, 0.29) is 0 Å². The number of ether oxygens (including phenoxy) is 1. The Morgan fingerprint density at radius 1 is 1.17 bits per heavy atom. The lowest BCUT2D eigenvalue weighted by Gasteiger charge is -2.37. The van der Waals surface area contributed by atoms with Crippen molar-refractivity contribution in [3.05, 3.63) is 0 Å². The van der Waals surface area contributed by atoms with E-state index in [0.29, 0.717) is 0 Å². The number of aliphatic hydroxyl groups is 4. The van der Waals surface area contributed by atoms with E-state index >= 15 is 0 Å². The summed E-state index contributed by atoms with van der Waals surface area (Å²) in [6, 6.07) is 0. The zero-order chi connectivity index (χ0) is 9.30. The molecule has 6 heteroatoms. The lowest BCUT2D eigenvalue weighted by atomic mass is 10.0. The van der Waals surface area contributed by atoms with Crippen LogP contribution in [0.3, 0.4) is 0 Å². The fraction of sp³-hybridized carbons (Fsp3) is 1.00. The maximum atomic E-state index is 9.24. The Morgan fingerprint density at radius 2 is 1.75 bits per heavy atom. The molecule has 4 N–H and O–H groups in total. The van der Waals surface area contributed by atoms with Crippen LogP contribution in [0.15, 0.2) is 0 Å². The van der Waals surface area contributed by atoms with Crippen molar-refractivity contribution in [3.63, 3.8) is 0 Å². The molecule has 1 heterocycles. The first-order valence-electron chi connectivity index (χ1n) is 3.52. The molecule has 0 aromatic carbocycles. The van der Waals surface area contributed by atoms with E-state index in [1.54, 1.807) is 0 Å². The Labute approximate surface area is 74.2 Å². The molecule has 1 rings (SSSR count). The third-order valence-corrected chi connectivity index (χ3v) is 2.34. The second-order valence-electron chi connectivity index (χ2n) is 2.67. The van der Waals surface area contributed by atoms with Crippen LogP contribution in [-0.2, 0) is 4.74 Å². The maximum absolute atomic E-state index is 9.24. The minimum atomic E-state index is -1.45. The van der Waals surface area contributed by atoms with Gasteiger partial charge < -0.3 is 25.2 Å². The molecule has 5 nitrogen and oxygen atoms in total. The van der Waals surface area contributed by atoms with Gasteiger partial charge in [-0.3, -0.25) is 0 Å². The molecule has 0 radical (unpaired) electrons. The molecule has 1 fully saturated rings. The van der Waals surface area contributed by atoms with E-state index in [0.717, 1.165) is 0 Å². The van der Waals surface area contributed by atoms with Gasteiger partial charge in [-0.15, -0.1) is 11.6 Å². The first-order valence-corrected chi connectivity index (χ1v) is 3.96. The van der Waals surface area contributed by atoms with E-state index in [1.807, 2.05) is 0 Å². The van der Waals surface area contributed by atoms with Crippen molar-refractivity contribution in [1.29, 1.82) is 0 Å². The number of aliphatic hydroxyl groups excluding tert-OH is 4. The first kappa shape index (κ1) is 10.2. The van der Waals surface area contributed by atoms with Gasteiger partial charge in [-0.25, -0.2) is 0 Å². The third-order valence-electron chi connectivity index (χ3n) is 1.82. The molecule has 5 atom stereocenters. The molecule has 1 aliphatic heterocycles. The van der Waals surface area contributed by atoms with Gasteiger partial charge in [0, 0.05) is 0 Å². The largest absolute Gasteiger partial charge is 0.394 e. The average Bonchev–Trinajstić information content (AvgIpc) is 2.08. The normalized spacial score (nSPS) is 49.2. The third kappa shape index (κ3) is 1.71. The summed E-state index contributed by atoms with van der Waals surface area (Å²) >= 11 is 5.53. The second kappa shape index (κ2) is 3.87. The van der Waals surface area contributed by atoms with E-state index < -0.39 is 36.6 Å². The van der Waals surface area contributed by atoms with Crippen molar-refractivity contribution >= 4 is 11.6 Å². The van der Waals surface area contributed by atoms with Crippen LogP contribution < -0.4 is 0 Å². The van der Waals surface area contributed by atoms with Crippen LogP contribution in [-0.4, -0.2) is 57.0 Å². The lowest BCUT2D eigenvalue weighted by Crippen LogP contribution is -2.56. The van der Waals surface area contributed by atoms with Gasteiger partial charge in [0.1, 0.15) is 18.3 Å². The minimum absolute atomic E-state index is 0.450. The second-order valence-corrected chi connectivity index (χ2v) is 3.18. The van der Waals surface area contributed by atoms with Gasteiger partial charge in [0.25, 0.3) is 0 Å². The number of hydrogen-bond acceptors (Lipinski definition) is 5. The zero-order valence-electron chi connectivity index (χ0n) is 6.17. The molecule has 0 bridgehead atoms. The van der Waals surface area contributed by atoms with Crippen LogP contribution in [0.4, 0.5) is 0 Å². The molecule has 1 aliphatic rings. The van der Waals surface area contributed by atoms with Crippen LogP contribution in [0.1, 0.15) is 0 Å². The fourth-order valence-corrected chi connectivity index (χ4v) is 1.34. The summed E-state index contributed by atoms with van der Waals surface area (Å²) in [4.78, 5) is 0. The highest BCUT2D eigenvalue weighted by Gasteiger charge is 2.42. The molecule has 0 spiro atoms. The van der Waals surface area contributed by atoms with Crippen molar-refractivity contribution in [3.8, 4) is 0 Å². The lowest BCUT2D eigenvalue weighted by molar-refractivity contribution is -0.249. The molecule has 0 aliphatic carbocycles. The predicted octanol–water partition coefficient (Wildman–Crippen LogP) is -1.97. The van der Waals surface area contributed by atoms with E-state index in [9.17, 15) is 5.11 Å². The number of halogens is 1. The van der Waals surface area contributed by atoms with Crippen molar-refractivity contribution in [1.82, 2.24) is 0 Å². The SMILES string of the molecule is OC[C@H]1O[C@@H](O)[C@@H](O)[C@@H](Cl)[C@@H]1O. The molecule has 0 aromatic heterocycles. The topological polar surface area (TPSA) is 90.2 Å². The molecule has 72 valence electrons. The van der Waals surface area contributed by atoms with Gasteiger partial charge >= 0.3 is 0 Å². The van der Waals surface area contributed by atoms with Crippen molar-refractivity contribution in [2.75, 3.05) is 6.61 Å². The van der Waals surface area contributed by atoms with E-state index in [1.165, 1.54) is 0 Å². The van der Waals surface area contributed by atoms with Gasteiger partial charge in [0.15, 0.2) is 6.29 Å². The standard InChI is InChI=1S/C6H11ClO5/c7-3-4(9)2(1-8)12-6(11)5(3)10/h2-6,8-11H,1H2/t2-,3+,4-,5+,6-/m1/s1. The molecule has 0 aromatic rings. The average molecular weight is 199 g/mol.